The Morgan fingerprint density at radius 1 is 1.39 bits per heavy atom. The summed E-state index contributed by atoms with van der Waals surface area (Å²) in [6.45, 7) is 6.86. The third kappa shape index (κ3) is 2.08. The fraction of sp³-hybridized carbons (Fsp3) is 0.875. The molecule has 0 aliphatic heterocycles. The molecular formula is C16H25N5O2. The summed E-state index contributed by atoms with van der Waals surface area (Å²) in [6.07, 6.45) is 6.34. The minimum atomic E-state index is -0.775. The van der Waals surface area contributed by atoms with Crippen molar-refractivity contribution in [1.82, 2.24) is 25.1 Å². The van der Waals surface area contributed by atoms with Crippen molar-refractivity contribution in [2.75, 3.05) is 0 Å². The van der Waals surface area contributed by atoms with Crippen LogP contribution >= 0.6 is 0 Å². The van der Waals surface area contributed by atoms with Crippen molar-refractivity contribution < 1.29 is 9.90 Å². The van der Waals surface area contributed by atoms with Crippen molar-refractivity contribution in [2.24, 2.45) is 17.3 Å². The van der Waals surface area contributed by atoms with Crippen LogP contribution in [0.4, 0.5) is 4.79 Å². The number of tetrazole rings is 1. The predicted molar refractivity (Wildman–Crippen MR) is 82.7 cm³/mol. The second kappa shape index (κ2) is 4.45. The zero-order chi connectivity index (χ0) is 16.5. The lowest BCUT2D eigenvalue weighted by molar-refractivity contribution is -0.0133. The number of nitrogens with zero attached hydrogens (tertiary/aromatic N) is 5. The Kier molecular flexibility index (Phi) is 2.88. The number of carbonyl (C=O) groups is 1. The lowest BCUT2D eigenvalue weighted by Crippen LogP contribution is -2.60. The molecule has 1 heterocycles. The van der Waals surface area contributed by atoms with Gasteiger partial charge in [0.25, 0.3) is 0 Å². The second-order valence-electron chi connectivity index (χ2n) is 8.99. The minimum absolute atomic E-state index is 0.153. The van der Waals surface area contributed by atoms with E-state index in [0.717, 1.165) is 25.8 Å². The van der Waals surface area contributed by atoms with Crippen LogP contribution < -0.4 is 0 Å². The Labute approximate surface area is 136 Å². The third-order valence-corrected chi connectivity index (χ3v) is 6.30. The maximum Gasteiger partial charge on any atom is 0.408 e. The standard InChI is InChI=1S/C16H25N5O2/c1-14(2,3)21(13(22)23)16-6-11-4-12(16)7-15(5-11,8-16)9-20-10-17-18-19-20/h10-12H,4-9H2,1-3H3,(H,22,23). The summed E-state index contributed by atoms with van der Waals surface area (Å²) in [5.74, 6) is 1.12. The highest BCUT2D eigenvalue weighted by atomic mass is 16.4. The van der Waals surface area contributed by atoms with Crippen molar-refractivity contribution in [2.45, 2.75) is 70.5 Å². The van der Waals surface area contributed by atoms with Gasteiger partial charge < -0.3 is 5.11 Å². The first-order chi connectivity index (χ1) is 10.7. The van der Waals surface area contributed by atoms with Gasteiger partial charge in [-0.25, -0.2) is 9.48 Å². The number of carboxylic acid groups (broad SMARTS) is 1. The summed E-state index contributed by atoms with van der Waals surface area (Å²) in [5, 5.41) is 21.5. The highest BCUT2D eigenvalue weighted by Crippen LogP contribution is 2.69. The Hall–Kier alpha value is -1.66. The second-order valence-corrected chi connectivity index (χ2v) is 8.99. The van der Waals surface area contributed by atoms with E-state index in [0.29, 0.717) is 11.8 Å². The van der Waals surface area contributed by atoms with Gasteiger partial charge in [0.05, 0.1) is 12.1 Å². The van der Waals surface area contributed by atoms with E-state index < -0.39 is 6.09 Å². The van der Waals surface area contributed by atoms with Crippen LogP contribution in [0.15, 0.2) is 6.33 Å². The molecule has 1 aromatic heterocycles. The Morgan fingerprint density at radius 2 is 2.17 bits per heavy atom. The van der Waals surface area contributed by atoms with Gasteiger partial charge in [-0.15, -0.1) is 5.10 Å². The molecule has 4 fully saturated rings. The molecule has 0 saturated heterocycles. The van der Waals surface area contributed by atoms with Gasteiger partial charge in [0, 0.05) is 5.54 Å². The van der Waals surface area contributed by atoms with Gasteiger partial charge in [0.15, 0.2) is 0 Å². The van der Waals surface area contributed by atoms with Crippen molar-refractivity contribution in [3.8, 4) is 0 Å². The topological polar surface area (TPSA) is 84.1 Å². The van der Waals surface area contributed by atoms with Gasteiger partial charge in [-0.3, -0.25) is 4.90 Å². The molecule has 1 aromatic rings. The van der Waals surface area contributed by atoms with Crippen LogP contribution in [0.5, 0.6) is 0 Å². The molecule has 1 amide bonds. The Bertz CT molecular complexity index is 625. The molecule has 126 valence electrons. The van der Waals surface area contributed by atoms with Gasteiger partial charge in [0.2, 0.25) is 0 Å². The van der Waals surface area contributed by atoms with Crippen LogP contribution in [0.25, 0.3) is 0 Å². The number of aromatic nitrogens is 4. The van der Waals surface area contributed by atoms with E-state index in [4.69, 9.17) is 0 Å². The zero-order valence-electron chi connectivity index (χ0n) is 14.1. The van der Waals surface area contributed by atoms with Crippen LogP contribution in [0.3, 0.4) is 0 Å². The van der Waals surface area contributed by atoms with Crippen LogP contribution in [-0.4, -0.2) is 47.4 Å². The monoisotopic (exact) mass is 319 g/mol. The maximum absolute atomic E-state index is 12.1. The van der Waals surface area contributed by atoms with Gasteiger partial charge >= 0.3 is 6.09 Å². The molecule has 7 heteroatoms. The largest absolute Gasteiger partial charge is 0.465 e. The summed E-state index contributed by atoms with van der Waals surface area (Å²) in [5.41, 5.74) is -0.414. The summed E-state index contributed by atoms with van der Waals surface area (Å²) in [6, 6.07) is 0. The molecule has 4 atom stereocenters. The van der Waals surface area contributed by atoms with Gasteiger partial charge in [0.1, 0.15) is 6.33 Å². The van der Waals surface area contributed by atoms with E-state index in [1.807, 2.05) is 25.5 Å². The molecule has 0 spiro atoms. The van der Waals surface area contributed by atoms with E-state index in [-0.39, 0.29) is 16.5 Å². The number of amides is 1. The molecule has 4 bridgehead atoms. The molecule has 4 unspecified atom stereocenters. The molecule has 7 nitrogen and oxygen atoms in total. The fourth-order valence-corrected chi connectivity index (χ4v) is 6.31. The van der Waals surface area contributed by atoms with Gasteiger partial charge in [-0.1, -0.05) is 0 Å². The molecule has 0 aromatic carbocycles. The average Bonchev–Trinajstić information content (AvgIpc) is 2.99. The molecule has 23 heavy (non-hydrogen) atoms. The summed E-state index contributed by atoms with van der Waals surface area (Å²) in [7, 11) is 0. The van der Waals surface area contributed by atoms with E-state index in [1.54, 1.807) is 11.2 Å². The normalized spacial score (nSPS) is 38.2. The molecule has 5 rings (SSSR count). The summed E-state index contributed by atoms with van der Waals surface area (Å²) >= 11 is 0. The van der Waals surface area contributed by atoms with Crippen molar-refractivity contribution in [3.05, 3.63) is 6.33 Å². The quantitative estimate of drug-likeness (QED) is 0.925. The van der Waals surface area contributed by atoms with E-state index in [2.05, 4.69) is 15.5 Å². The van der Waals surface area contributed by atoms with Gasteiger partial charge in [-0.2, -0.15) is 0 Å². The molecule has 0 radical (unpaired) electrons. The van der Waals surface area contributed by atoms with Gasteiger partial charge in [-0.05, 0) is 80.6 Å². The minimum Gasteiger partial charge on any atom is -0.465 e. The van der Waals surface area contributed by atoms with Crippen LogP contribution in [0, 0.1) is 17.3 Å². The number of hydrogen-bond donors (Lipinski definition) is 1. The zero-order valence-corrected chi connectivity index (χ0v) is 14.1. The van der Waals surface area contributed by atoms with E-state index in [1.165, 1.54) is 12.8 Å². The third-order valence-electron chi connectivity index (χ3n) is 6.30. The first kappa shape index (κ1) is 14.9. The Balaban J connectivity index is 1.70. The highest BCUT2D eigenvalue weighted by molar-refractivity contribution is 5.68. The van der Waals surface area contributed by atoms with Crippen molar-refractivity contribution in [3.63, 3.8) is 0 Å². The average molecular weight is 319 g/mol. The molecular weight excluding hydrogens is 294 g/mol. The maximum atomic E-state index is 12.1. The lowest BCUT2D eigenvalue weighted by Gasteiger charge is -2.50. The molecule has 4 aliphatic carbocycles. The van der Waals surface area contributed by atoms with Crippen molar-refractivity contribution in [1.29, 1.82) is 0 Å². The SMILES string of the molecule is CC(C)(C)N(C(=O)O)C12CC3CC1CC(Cn1cnnn1)(C3)C2. The molecule has 4 saturated carbocycles. The fourth-order valence-electron chi connectivity index (χ4n) is 6.31. The summed E-state index contributed by atoms with van der Waals surface area (Å²) < 4.78 is 1.82. The first-order valence-corrected chi connectivity index (χ1v) is 8.48. The molecule has 4 aliphatic rings. The lowest BCUT2D eigenvalue weighted by atomic mass is 9.68. The van der Waals surface area contributed by atoms with E-state index >= 15 is 0 Å². The van der Waals surface area contributed by atoms with Crippen LogP contribution in [0.2, 0.25) is 0 Å². The predicted octanol–water partition coefficient (Wildman–Crippen LogP) is 2.40. The van der Waals surface area contributed by atoms with Crippen LogP contribution in [0.1, 0.15) is 52.9 Å². The van der Waals surface area contributed by atoms with Crippen molar-refractivity contribution >= 4 is 6.09 Å². The first-order valence-electron chi connectivity index (χ1n) is 8.48. The highest BCUT2D eigenvalue weighted by Gasteiger charge is 2.68. The Morgan fingerprint density at radius 3 is 2.78 bits per heavy atom. The molecule has 1 N–H and O–H groups in total. The number of hydrogen-bond acceptors (Lipinski definition) is 4. The van der Waals surface area contributed by atoms with E-state index in [9.17, 15) is 9.90 Å². The summed E-state index contributed by atoms with van der Waals surface area (Å²) in [4.78, 5) is 13.9. The smallest absolute Gasteiger partial charge is 0.408 e. The van der Waals surface area contributed by atoms with Crippen LogP contribution in [-0.2, 0) is 6.54 Å². The number of rotatable bonds is 3.